The van der Waals surface area contributed by atoms with Gasteiger partial charge in [-0.05, 0) is 25.3 Å². The minimum Gasteiger partial charge on any atom is -0.374 e. The lowest BCUT2D eigenvalue weighted by Gasteiger charge is -2.33. The van der Waals surface area contributed by atoms with E-state index in [1.807, 2.05) is 13.8 Å². The van der Waals surface area contributed by atoms with Crippen molar-refractivity contribution in [3.63, 3.8) is 0 Å². The number of carbonyl (C=O) groups excluding carboxylic acids is 1. The van der Waals surface area contributed by atoms with Gasteiger partial charge in [0.25, 0.3) is 5.56 Å². The average Bonchev–Trinajstić information content (AvgIpc) is 2.95. The van der Waals surface area contributed by atoms with Crippen molar-refractivity contribution in [1.29, 1.82) is 0 Å². The monoisotopic (exact) mass is 438 g/mol. The molecule has 1 aliphatic heterocycles. The second-order valence-electron chi connectivity index (χ2n) is 7.96. The molecule has 1 unspecified atom stereocenters. The second kappa shape index (κ2) is 9.59. The number of ether oxygens (including phenoxy) is 1. The van der Waals surface area contributed by atoms with E-state index in [0.29, 0.717) is 29.6 Å². The molecular formula is C20H30N4O3S2. The molecule has 0 saturated carbocycles. The van der Waals surface area contributed by atoms with Crippen LogP contribution < -0.4 is 10.9 Å². The number of carbonyl (C=O) groups is 1. The minimum absolute atomic E-state index is 0.0207. The van der Waals surface area contributed by atoms with Crippen molar-refractivity contribution in [3.8, 4) is 0 Å². The van der Waals surface area contributed by atoms with Gasteiger partial charge in [-0.3, -0.25) is 19.1 Å². The van der Waals surface area contributed by atoms with E-state index < -0.39 is 0 Å². The van der Waals surface area contributed by atoms with Gasteiger partial charge in [0.2, 0.25) is 5.91 Å². The molecule has 29 heavy (non-hydrogen) atoms. The molecule has 2 aromatic rings. The smallest absolute Gasteiger partial charge is 0.262 e. The summed E-state index contributed by atoms with van der Waals surface area (Å²) in [5.74, 6) is 0.761. The number of amides is 1. The van der Waals surface area contributed by atoms with Gasteiger partial charge in [0.1, 0.15) is 4.83 Å². The molecule has 0 aliphatic carbocycles. The number of hydrogen-bond donors (Lipinski definition) is 1. The van der Waals surface area contributed by atoms with Crippen molar-refractivity contribution in [3.05, 3.63) is 20.8 Å². The molecule has 160 valence electrons. The van der Waals surface area contributed by atoms with Crippen molar-refractivity contribution >= 4 is 39.2 Å². The molecule has 3 heterocycles. The Labute approximate surface area is 179 Å². The third kappa shape index (κ3) is 5.39. The number of aryl methyl sites for hydroxylation is 2. The number of aromatic nitrogens is 2. The van der Waals surface area contributed by atoms with Crippen LogP contribution in [0.25, 0.3) is 10.2 Å². The van der Waals surface area contributed by atoms with Crippen LogP contribution in [0.4, 0.5) is 0 Å². The number of thiophene rings is 1. The second-order valence-corrected chi connectivity index (χ2v) is 10.1. The third-order valence-electron chi connectivity index (χ3n) is 5.07. The number of nitrogens with one attached hydrogen (secondary N) is 1. The standard InChI is InChI=1S/C20H30N4O3S2/c1-12(2)9-24-6-7-27-15(10-24)8-21-16(25)11-28-20-22-18-17(19(26)23(20)5)13(3)14(4)29-18/h12,15H,6-11H2,1-5H3,(H,21,25). The maximum Gasteiger partial charge on any atom is 0.262 e. The highest BCUT2D eigenvalue weighted by Gasteiger charge is 2.22. The van der Waals surface area contributed by atoms with Crippen LogP contribution in [-0.2, 0) is 16.6 Å². The molecule has 0 aromatic carbocycles. The molecule has 2 aromatic heterocycles. The van der Waals surface area contributed by atoms with Crippen molar-refractivity contribution in [2.24, 2.45) is 13.0 Å². The molecule has 1 saturated heterocycles. The molecular weight excluding hydrogens is 408 g/mol. The van der Waals surface area contributed by atoms with Crippen molar-refractivity contribution in [2.45, 2.75) is 39.0 Å². The van der Waals surface area contributed by atoms with Gasteiger partial charge in [0, 0.05) is 38.1 Å². The van der Waals surface area contributed by atoms with Crippen LogP contribution >= 0.6 is 23.1 Å². The highest BCUT2D eigenvalue weighted by atomic mass is 32.2. The van der Waals surface area contributed by atoms with Crippen LogP contribution in [0.3, 0.4) is 0 Å². The Morgan fingerprint density at radius 3 is 2.90 bits per heavy atom. The zero-order chi connectivity index (χ0) is 21.1. The highest BCUT2D eigenvalue weighted by Crippen LogP contribution is 2.27. The summed E-state index contributed by atoms with van der Waals surface area (Å²) in [6, 6.07) is 0. The van der Waals surface area contributed by atoms with Crippen LogP contribution in [0.5, 0.6) is 0 Å². The summed E-state index contributed by atoms with van der Waals surface area (Å²) < 4.78 is 7.32. The van der Waals surface area contributed by atoms with Gasteiger partial charge in [-0.2, -0.15) is 0 Å². The van der Waals surface area contributed by atoms with Crippen molar-refractivity contribution in [1.82, 2.24) is 19.8 Å². The third-order valence-corrected chi connectivity index (χ3v) is 7.21. The van der Waals surface area contributed by atoms with Crippen molar-refractivity contribution in [2.75, 3.05) is 38.5 Å². The van der Waals surface area contributed by atoms with Gasteiger partial charge in [0.05, 0.1) is 23.8 Å². The summed E-state index contributed by atoms with van der Waals surface area (Å²) >= 11 is 2.81. The Kier molecular flexibility index (Phi) is 7.37. The molecule has 3 rings (SSSR count). The van der Waals surface area contributed by atoms with E-state index in [4.69, 9.17) is 4.74 Å². The largest absolute Gasteiger partial charge is 0.374 e. The fraction of sp³-hybridized carbons (Fsp3) is 0.650. The molecule has 1 aliphatic rings. The van der Waals surface area contributed by atoms with E-state index in [0.717, 1.165) is 34.9 Å². The first-order chi connectivity index (χ1) is 13.8. The van der Waals surface area contributed by atoms with Gasteiger partial charge in [-0.25, -0.2) is 4.98 Å². The molecule has 7 nitrogen and oxygen atoms in total. The Morgan fingerprint density at radius 2 is 2.17 bits per heavy atom. The summed E-state index contributed by atoms with van der Waals surface area (Å²) in [7, 11) is 1.71. The number of thioether (sulfide) groups is 1. The Hall–Kier alpha value is -1.42. The van der Waals surface area contributed by atoms with Crippen LogP contribution in [0, 0.1) is 19.8 Å². The van der Waals surface area contributed by atoms with Gasteiger partial charge >= 0.3 is 0 Å². The zero-order valence-electron chi connectivity index (χ0n) is 17.8. The molecule has 0 radical (unpaired) electrons. The molecule has 0 spiro atoms. The van der Waals surface area contributed by atoms with Crippen LogP contribution in [0.1, 0.15) is 24.3 Å². The maximum absolute atomic E-state index is 12.7. The maximum atomic E-state index is 12.7. The molecule has 1 atom stereocenters. The van der Waals surface area contributed by atoms with Gasteiger partial charge in [-0.1, -0.05) is 25.6 Å². The lowest BCUT2D eigenvalue weighted by Crippen LogP contribution is -2.48. The van der Waals surface area contributed by atoms with Gasteiger partial charge in [0.15, 0.2) is 5.16 Å². The first kappa shape index (κ1) is 22.3. The average molecular weight is 439 g/mol. The molecule has 9 heteroatoms. The fourth-order valence-electron chi connectivity index (χ4n) is 3.48. The van der Waals surface area contributed by atoms with E-state index in [1.165, 1.54) is 27.7 Å². The predicted molar refractivity (Wildman–Crippen MR) is 119 cm³/mol. The lowest BCUT2D eigenvalue weighted by molar-refractivity contribution is -0.119. The topological polar surface area (TPSA) is 76.5 Å². The van der Waals surface area contributed by atoms with Crippen molar-refractivity contribution < 1.29 is 9.53 Å². The number of rotatable bonds is 7. The van der Waals surface area contributed by atoms with Crippen LogP contribution in [-0.4, -0.2) is 65.0 Å². The molecule has 1 fully saturated rings. The summed E-state index contributed by atoms with van der Waals surface area (Å²) in [6.07, 6.45) is 0.0207. The summed E-state index contributed by atoms with van der Waals surface area (Å²) in [5, 5.41) is 4.21. The highest BCUT2D eigenvalue weighted by molar-refractivity contribution is 7.99. The molecule has 1 N–H and O–H groups in total. The van der Waals surface area contributed by atoms with E-state index in [1.54, 1.807) is 7.05 Å². The SMILES string of the molecule is Cc1sc2nc(SCC(=O)NCC3CN(CC(C)C)CCO3)n(C)c(=O)c2c1C. The van der Waals surface area contributed by atoms with E-state index in [9.17, 15) is 9.59 Å². The summed E-state index contributed by atoms with van der Waals surface area (Å²) in [4.78, 5) is 33.8. The van der Waals surface area contributed by atoms with E-state index in [2.05, 4.69) is 29.0 Å². The Morgan fingerprint density at radius 1 is 1.41 bits per heavy atom. The summed E-state index contributed by atoms with van der Waals surface area (Å²) in [5.41, 5.74) is 0.937. The first-order valence-electron chi connectivity index (χ1n) is 9.96. The Bertz CT molecular complexity index is 938. The number of fused-ring (bicyclic) bond motifs is 1. The van der Waals surface area contributed by atoms with Crippen LogP contribution in [0.2, 0.25) is 0 Å². The van der Waals surface area contributed by atoms with E-state index in [-0.39, 0.29) is 23.3 Å². The minimum atomic E-state index is -0.0764. The predicted octanol–water partition coefficient (Wildman–Crippen LogP) is 2.18. The lowest BCUT2D eigenvalue weighted by atomic mass is 10.2. The zero-order valence-corrected chi connectivity index (χ0v) is 19.4. The number of nitrogens with zero attached hydrogens (tertiary/aromatic N) is 3. The van der Waals surface area contributed by atoms with E-state index >= 15 is 0 Å². The number of hydrogen-bond acceptors (Lipinski definition) is 7. The van der Waals surface area contributed by atoms with Gasteiger partial charge < -0.3 is 10.1 Å². The quantitative estimate of drug-likeness (QED) is 0.527. The number of morpholine rings is 1. The molecule has 0 bridgehead atoms. The van der Waals surface area contributed by atoms with Crippen LogP contribution in [0.15, 0.2) is 9.95 Å². The Balaban J connectivity index is 1.54. The first-order valence-corrected chi connectivity index (χ1v) is 11.8. The van der Waals surface area contributed by atoms with Gasteiger partial charge in [-0.15, -0.1) is 11.3 Å². The normalized spacial score (nSPS) is 17.9. The summed E-state index contributed by atoms with van der Waals surface area (Å²) in [6.45, 7) is 12.4. The molecule has 1 amide bonds. The fourth-order valence-corrected chi connectivity index (χ4v) is 5.35.